The van der Waals surface area contributed by atoms with E-state index in [4.69, 9.17) is 14.7 Å². The molecule has 4 heteroatoms. The van der Waals surface area contributed by atoms with Gasteiger partial charge in [0.15, 0.2) is 5.65 Å². The molecule has 0 amide bonds. The summed E-state index contributed by atoms with van der Waals surface area (Å²) in [5.41, 5.74) is 7.44. The lowest BCUT2D eigenvalue weighted by Crippen LogP contribution is -2.11. The quantitative estimate of drug-likeness (QED) is 0.821. The van der Waals surface area contributed by atoms with Gasteiger partial charge in [0.2, 0.25) is 0 Å². The van der Waals surface area contributed by atoms with Crippen LogP contribution in [0.25, 0.3) is 11.2 Å². The highest BCUT2D eigenvalue weighted by Gasteiger charge is 2.26. The summed E-state index contributed by atoms with van der Waals surface area (Å²) in [6.45, 7) is 3.91. The maximum absolute atomic E-state index is 5.49. The van der Waals surface area contributed by atoms with Crippen LogP contribution in [0, 0.1) is 5.92 Å². The summed E-state index contributed by atoms with van der Waals surface area (Å²) in [6, 6.07) is 0. The van der Waals surface area contributed by atoms with Crippen molar-refractivity contribution >= 4 is 11.2 Å². The van der Waals surface area contributed by atoms with Gasteiger partial charge in [-0.1, -0.05) is 31.9 Å². The maximum atomic E-state index is 5.49. The number of rotatable bonds is 2. The van der Waals surface area contributed by atoms with Crippen LogP contribution in [0.2, 0.25) is 0 Å². The number of hydrogen-bond donors (Lipinski definition) is 0. The number of aromatic nitrogens is 3. The van der Waals surface area contributed by atoms with Gasteiger partial charge in [-0.2, -0.15) is 0 Å². The van der Waals surface area contributed by atoms with Crippen molar-refractivity contribution in [1.82, 2.24) is 14.4 Å². The summed E-state index contributed by atoms with van der Waals surface area (Å²) in [5.74, 6) is 1.48. The Balaban J connectivity index is 1.55. The molecule has 2 aromatic heterocycles. The number of allylic oxidation sites excluding steroid dienone is 2. The molecule has 4 nitrogen and oxygen atoms in total. The lowest BCUT2D eigenvalue weighted by atomic mass is 9.82. The van der Waals surface area contributed by atoms with Gasteiger partial charge in [-0.25, -0.2) is 4.98 Å². The molecule has 130 valence electrons. The van der Waals surface area contributed by atoms with Crippen molar-refractivity contribution in [1.29, 1.82) is 0 Å². The van der Waals surface area contributed by atoms with E-state index in [1.54, 1.807) is 0 Å². The van der Waals surface area contributed by atoms with Crippen molar-refractivity contribution in [3.63, 3.8) is 0 Å². The number of ether oxygens (including phenoxy) is 1. The van der Waals surface area contributed by atoms with Gasteiger partial charge in [0.25, 0.3) is 0 Å². The Bertz CT molecular complexity index is 869. The summed E-state index contributed by atoms with van der Waals surface area (Å²) in [5, 5.41) is 0. The molecule has 5 rings (SSSR count). The molecular formula is C21H25N3O. The molecule has 0 unspecified atom stereocenters. The predicted molar refractivity (Wildman–Crippen MR) is 98.6 cm³/mol. The van der Waals surface area contributed by atoms with E-state index in [1.807, 2.05) is 6.20 Å². The minimum Gasteiger partial charge on any atom is -0.377 e. The Kier molecular flexibility index (Phi) is 3.74. The molecule has 3 heterocycles. The third-order valence-corrected chi connectivity index (χ3v) is 6.10. The first-order chi connectivity index (χ1) is 12.3. The fourth-order valence-corrected chi connectivity index (χ4v) is 4.56. The third-order valence-electron chi connectivity index (χ3n) is 6.10. The average molecular weight is 335 g/mol. The summed E-state index contributed by atoms with van der Waals surface area (Å²) in [4.78, 5) is 9.66. The molecule has 0 radical (unpaired) electrons. The first-order valence-electron chi connectivity index (χ1n) is 9.64. The highest BCUT2D eigenvalue weighted by Crippen LogP contribution is 2.38. The molecule has 2 aliphatic carbocycles. The van der Waals surface area contributed by atoms with Crippen LogP contribution in [0.15, 0.2) is 30.1 Å². The van der Waals surface area contributed by atoms with Gasteiger partial charge < -0.3 is 4.74 Å². The Labute approximate surface area is 148 Å². The molecule has 0 bridgehead atoms. The molecular weight excluding hydrogens is 310 g/mol. The SMILES string of the molecule is CC1CCC(c2cn3c4c(ncc3n2)CC=C4C2=CCOCC2)CC1. The van der Waals surface area contributed by atoms with Crippen molar-refractivity contribution < 1.29 is 4.74 Å². The third kappa shape index (κ3) is 2.63. The van der Waals surface area contributed by atoms with Gasteiger partial charge in [0.1, 0.15) is 0 Å². The van der Waals surface area contributed by atoms with Gasteiger partial charge >= 0.3 is 0 Å². The van der Waals surface area contributed by atoms with Crippen LogP contribution in [0.4, 0.5) is 0 Å². The van der Waals surface area contributed by atoms with E-state index in [0.29, 0.717) is 5.92 Å². The lowest BCUT2D eigenvalue weighted by molar-refractivity contribution is 0.156. The summed E-state index contributed by atoms with van der Waals surface area (Å²) in [7, 11) is 0. The summed E-state index contributed by atoms with van der Waals surface area (Å²) in [6.07, 6.45) is 15.9. The minimum atomic E-state index is 0.614. The van der Waals surface area contributed by atoms with E-state index < -0.39 is 0 Å². The normalized spacial score (nSPS) is 26.4. The van der Waals surface area contributed by atoms with E-state index >= 15 is 0 Å². The highest BCUT2D eigenvalue weighted by atomic mass is 16.5. The van der Waals surface area contributed by atoms with E-state index in [1.165, 1.54) is 53.9 Å². The zero-order chi connectivity index (χ0) is 16.8. The fourth-order valence-electron chi connectivity index (χ4n) is 4.56. The molecule has 3 aliphatic rings. The molecule has 0 aromatic carbocycles. The molecule has 0 atom stereocenters. The number of fused-ring (bicyclic) bond motifs is 3. The molecule has 0 saturated heterocycles. The van der Waals surface area contributed by atoms with Crippen LogP contribution in [-0.2, 0) is 11.2 Å². The topological polar surface area (TPSA) is 39.4 Å². The molecule has 1 fully saturated rings. The van der Waals surface area contributed by atoms with E-state index in [2.05, 4.69) is 29.7 Å². The maximum Gasteiger partial charge on any atom is 0.156 e. The second-order valence-corrected chi connectivity index (χ2v) is 7.78. The first-order valence-corrected chi connectivity index (χ1v) is 9.64. The number of nitrogens with zero attached hydrogens (tertiary/aromatic N) is 3. The smallest absolute Gasteiger partial charge is 0.156 e. The van der Waals surface area contributed by atoms with Gasteiger partial charge in [0.05, 0.1) is 36.5 Å². The van der Waals surface area contributed by atoms with Crippen molar-refractivity contribution in [2.75, 3.05) is 13.2 Å². The zero-order valence-electron chi connectivity index (χ0n) is 14.9. The van der Waals surface area contributed by atoms with Gasteiger partial charge in [-0.15, -0.1) is 0 Å². The molecule has 1 saturated carbocycles. The van der Waals surface area contributed by atoms with Gasteiger partial charge in [-0.05, 0) is 36.3 Å². The Morgan fingerprint density at radius 3 is 2.84 bits per heavy atom. The van der Waals surface area contributed by atoms with E-state index in [0.717, 1.165) is 37.6 Å². The molecule has 1 aliphatic heterocycles. The highest BCUT2D eigenvalue weighted by molar-refractivity contribution is 5.82. The van der Waals surface area contributed by atoms with Gasteiger partial charge in [-0.3, -0.25) is 9.38 Å². The molecule has 0 N–H and O–H groups in total. The van der Waals surface area contributed by atoms with Crippen molar-refractivity contribution in [2.24, 2.45) is 5.92 Å². The standard InChI is InChI=1S/C21H25N3O/c1-14-2-4-16(5-3-14)19-13-24-20(23-19)12-22-18-7-6-17(21(18)24)15-8-10-25-11-9-15/h6,8,12-14,16H,2-5,7,9-11H2,1H3. The molecule has 2 aromatic rings. The lowest BCUT2D eigenvalue weighted by Gasteiger charge is -2.24. The van der Waals surface area contributed by atoms with Crippen LogP contribution in [-0.4, -0.2) is 27.6 Å². The van der Waals surface area contributed by atoms with Crippen LogP contribution < -0.4 is 0 Å². The van der Waals surface area contributed by atoms with E-state index in [9.17, 15) is 0 Å². The second-order valence-electron chi connectivity index (χ2n) is 7.78. The Hall–Kier alpha value is -1.94. The second kappa shape index (κ2) is 6.10. The van der Waals surface area contributed by atoms with Crippen LogP contribution in [0.5, 0.6) is 0 Å². The van der Waals surface area contributed by atoms with Crippen molar-refractivity contribution in [2.45, 2.75) is 51.4 Å². The largest absolute Gasteiger partial charge is 0.377 e. The molecule has 25 heavy (non-hydrogen) atoms. The number of hydrogen-bond acceptors (Lipinski definition) is 3. The predicted octanol–water partition coefficient (Wildman–Crippen LogP) is 4.31. The summed E-state index contributed by atoms with van der Waals surface area (Å²) >= 11 is 0. The zero-order valence-corrected chi connectivity index (χ0v) is 14.9. The van der Waals surface area contributed by atoms with Crippen LogP contribution in [0.3, 0.4) is 0 Å². The van der Waals surface area contributed by atoms with Crippen LogP contribution in [0.1, 0.15) is 62.0 Å². The van der Waals surface area contributed by atoms with Gasteiger partial charge in [0, 0.05) is 18.5 Å². The number of imidazole rings is 1. The summed E-state index contributed by atoms with van der Waals surface area (Å²) < 4.78 is 7.78. The van der Waals surface area contributed by atoms with Crippen molar-refractivity contribution in [3.8, 4) is 0 Å². The van der Waals surface area contributed by atoms with E-state index in [-0.39, 0.29) is 0 Å². The fraction of sp³-hybridized carbons (Fsp3) is 0.524. The Morgan fingerprint density at radius 1 is 1.16 bits per heavy atom. The average Bonchev–Trinajstić information content (AvgIpc) is 3.26. The Morgan fingerprint density at radius 2 is 2.04 bits per heavy atom. The minimum absolute atomic E-state index is 0.614. The first kappa shape index (κ1) is 15.3. The van der Waals surface area contributed by atoms with Crippen molar-refractivity contribution in [3.05, 3.63) is 47.2 Å². The monoisotopic (exact) mass is 335 g/mol. The van der Waals surface area contributed by atoms with Crippen LogP contribution >= 0.6 is 0 Å². The molecule has 0 spiro atoms.